The number of nitrogen functional groups attached to an aromatic ring is 2. The first-order valence-corrected chi connectivity index (χ1v) is 17.3. The molecule has 2 nitrogen and oxygen atoms in total. The van der Waals surface area contributed by atoms with E-state index in [1.807, 2.05) is 0 Å². The van der Waals surface area contributed by atoms with E-state index in [4.69, 9.17) is 11.5 Å². The average Bonchev–Trinajstić information content (AvgIpc) is 3.02. The summed E-state index contributed by atoms with van der Waals surface area (Å²) in [5.74, 6) is 0.878. The molecule has 0 saturated carbocycles. The third-order valence-electron chi connectivity index (χ3n) is 9.48. The smallest absolute Gasteiger partial charge is 0.0316 e. The second kappa shape index (κ2) is 17.1. The number of benzene rings is 4. The van der Waals surface area contributed by atoms with Gasteiger partial charge in [-0.05, 0) is 121 Å². The summed E-state index contributed by atoms with van der Waals surface area (Å²) >= 11 is 0. The monoisotopic (exact) mass is 588 g/mol. The van der Waals surface area contributed by atoms with Crippen LogP contribution in [-0.2, 0) is 12.8 Å². The number of nitrogens with two attached hydrogens (primary N) is 2. The van der Waals surface area contributed by atoms with Gasteiger partial charge in [0.1, 0.15) is 0 Å². The van der Waals surface area contributed by atoms with Crippen LogP contribution >= 0.6 is 0 Å². The first-order chi connectivity index (χ1) is 21.4. The summed E-state index contributed by atoms with van der Waals surface area (Å²) in [4.78, 5) is 0. The quantitative estimate of drug-likeness (QED) is 0.0952. The molecule has 2 atom stereocenters. The van der Waals surface area contributed by atoms with Crippen LogP contribution in [0.25, 0.3) is 0 Å². The minimum atomic E-state index is 0.439. The lowest BCUT2D eigenvalue weighted by Crippen LogP contribution is -2.05. The largest absolute Gasteiger partial charge is 0.399 e. The molecule has 4 aromatic carbocycles. The van der Waals surface area contributed by atoms with E-state index in [1.54, 1.807) is 0 Å². The maximum absolute atomic E-state index is 6.07. The predicted octanol–water partition coefficient (Wildman–Crippen LogP) is 11.5. The topological polar surface area (TPSA) is 52.0 Å². The minimum absolute atomic E-state index is 0.439. The van der Waals surface area contributed by atoms with Gasteiger partial charge >= 0.3 is 0 Å². The van der Waals surface area contributed by atoms with Gasteiger partial charge in [0.25, 0.3) is 0 Å². The standard InChI is InChI=1S/C42H56N2/c1-5-7-9-15-41(39-27-25-37(43)29-31(39)3)35-21-17-33(18-22-35)13-11-12-14-34-19-23-36(24-20-34)42(16-10-8-6-2)40-28-26-38(44)30-32(40)4/h17-30,41-42H,5-16,43-44H2,1-4H3. The fourth-order valence-electron chi connectivity index (χ4n) is 6.87. The molecule has 0 spiro atoms. The Bertz CT molecular complexity index is 1310. The third kappa shape index (κ3) is 9.49. The van der Waals surface area contributed by atoms with E-state index in [0.717, 1.165) is 24.2 Å². The summed E-state index contributed by atoms with van der Waals surface area (Å²) in [6, 6.07) is 31.8. The van der Waals surface area contributed by atoms with Crippen molar-refractivity contribution >= 4 is 11.4 Å². The van der Waals surface area contributed by atoms with Crippen molar-refractivity contribution in [1.29, 1.82) is 0 Å². The Morgan fingerprint density at radius 2 is 0.864 bits per heavy atom. The number of unbranched alkanes of at least 4 members (excludes halogenated alkanes) is 5. The lowest BCUT2D eigenvalue weighted by Gasteiger charge is -2.21. The van der Waals surface area contributed by atoms with E-state index in [2.05, 4.69) is 113 Å². The van der Waals surface area contributed by atoms with Crippen molar-refractivity contribution in [2.24, 2.45) is 0 Å². The number of hydrogen-bond donors (Lipinski definition) is 2. The SMILES string of the molecule is CCCCCC(c1ccc(CCCCc2ccc(C(CCCCC)c3ccc(N)cc3C)cc2)cc1)c1ccc(N)cc1C. The van der Waals surface area contributed by atoms with E-state index in [-0.39, 0.29) is 0 Å². The van der Waals surface area contributed by atoms with Crippen LogP contribution in [0.5, 0.6) is 0 Å². The Morgan fingerprint density at radius 1 is 0.477 bits per heavy atom. The summed E-state index contributed by atoms with van der Waals surface area (Å²) < 4.78 is 0. The van der Waals surface area contributed by atoms with Crippen LogP contribution in [0, 0.1) is 13.8 Å². The lowest BCUT2D eigenvalue weighted by molar-refractivity contribution is 0.616. The van der Waals surface area contributed by atoms with Gasteiger partial charge in [-0.15, -0.1) is 0 Å². The van der Waals surface area contributed by atoms with Crippen LogP contribution < -0.4 is 11.5 Å². The zero-order valence-electron chi connectivity index (χ0n) is 27.9. The van der Waals surface area contributed by atoms with E-state index in [9.17, 15) is 0 Å². The molecule has 0 radical (unpaired) electrons. The molecule has 0 aliphatic rings. The van der Waals surface area contributed by atoms with Gasteiger partial charge in [0.05, 0.1) is 0 Å². The Hall–Kier alpha value is -3.52. The molecule has 4 aromatic rings. The van der Waals surface area contributed by atoms with Crippen LogP contribution in [-0.4, -0.2) is 0 Å². The van der Waals surface area contributed by atoms with Gasteiger partial charge in [0, 0.05) is 23.2 Å². The summed E-state index contributed by atoms with van der Waals surface area (Å²) in [5.41, 5.74) is 25.0. The van der Waals surface area contributed by atoms with Gasteiger partial charge in [-0.3, -0.25) is 0 Å². The Balaban J connectivity index is 1.33. The molecule has 4 rings (SSSR count). The second-order valence-corrected chi connectivity index (χ2v) is 13.0. The number of rotatable bonds is 17. The molecule has 0 fully saturated rings. The molecule has 2 unspecified atom stereocenters. The van der Waals surface area contributed by atoms with Crippen molar-refractivity contribution in [1.82, 2.24) is 0 Å². The number of hydrogen-bond acceptors (Lipinski definition) is 2. The van der Waals surface area contributed by atoms with Crippen LogP contribution in [0.3, 0.4) is 0 Å². The normalized spacial score (nSPS) is 12.7. The van der Waals surface area contributed by atoms with Gasteiger partial charge in [0.2, 0.25) is 0 Å². The molecule has 0 heterocycles. The van der Waals surface area contributed by atoms with Crippen LogP contribution in [0.15, 0.2) is 84.9 Å². The number of aryl methyl sites for hydroxylation is 4. The molecule has 0 aliphatic carbocycles. The Morgan fingerprint density at radius 3 is 1.20 bits per heavy atom. The predicted molar refractivity (Wildman–Crippen MR) is 193 cm³/mol. The molecule has 2 heteroatoms. The van der Waals surface area contributed by atoms with Crippen molar-refractivity contribution in [2.45, 2.75) is 117 Å². The molecular formula is C42H56N2. The summed E-state index contributed by atoms with van der Waals surface area (Å²) in [6.07, 6.45) is 14.7. The highest BCUT2D eigenvalue weighted by Gasteiger charge is 2.18. The van der Waals surface area contributed by atoms with Gasteiger partial charge < -0.3 is 11.5 Å². The molecule has 0 amide bonds. The maximum atomic E-state index is 6.07. The van der Waals surface area contributed by atoms with E-state index >= 15 is 0 Å². The highest BCUT2D eigenvalue weighted by Crippen LogP contribution is 2.35. The summed E-state index contributed by atoms with van der Waals surface area (Å²) in [7, 11) is 0. The fourth-order valence-corrected chi connectivity index (χ4v) is 6.87. The zero-order chi connectivity index (χ0) is 31.3. The molecule has 0 bridgehead atoms. The zero-order valence-corrected chi connectivity index (χ0v) is 27.9. The fraction of sp³-hybridized carbons (Fsp3) is 0.429. The molecule has 0 aliphatic heterocycles. The van der Waals surface area contributed by atoms with Gasteiger partial charge in [-0.1, -0.05) is 113 Å². The Labute approximate surface area is 268 Å². The highest BCUT2D eigenvalue weighted by atomic mass is 14.5. The molecular weight excluding hydrogens is 532 g/mol. The van der Waals surface area contributed by atoms with Crippen molar-refractivity contribution in [3.8, 4) is 0 Å². The molecule has 234 valence electrons. The first kappa shape index (κ1) is 33.4. The van der Waals surface area contributed by atoms with Crippen LogP contribution in [0.2, 0.25) is 0 Å². The van der Waals surface area contributed by atoms with Crippen LogP contribution in [0.1, 0.15) is 134 Å². The molecule has 4 N–H and O–H groups in total. The van der Waals surface area contributed by atoms with Crippen molar-refractivity contribution in [3.05, 3.63) is 129 Å². The van der Waals surface area contributed by atoms with Crippen molar-refractivity contribution in [2.75, 3.05) is 11.5 Å². The van der Waals surface area contributed by atoms with E-state index < -0.39 is 0 Å². The van der Waals surface area contributed by atoms with Crippen LogP contribution in [0.4, 0.5) is 11.4 Å². The summed E-state index contributed by atoms with van der Waals surface area (Å²) in [5, 5.41) is 0. The molecule has 44 heavy (non-hydrogen) atoms. The summed E-state index contributed by atoms with van der Waals surface area (Å²) in [6.45, 7) is 8.96. The molecule has 0 aromatic heterocycles. The first-order valence-electron chi connectivity index (χ1n) is 17.3. The lowest BCUT2D eigenvalue weighted by atomic mass is 9.84. The third-order valence-corrected chi connectivity index (χ3v) is 9.48. The second-order valence-electron chi connectivity index (χ2n) is 13.0. The average molecular weight is 589 g/mol. The minimum Gasteiger partial charge on any atom is -0.399 e. The van der Waals surface area contributed by atoms with Gasteiger partial charge in [0.15, 0.2) is 0 Å². The maximum Gasteiger partial charge on any atom is 0.0316 e. The van der Waals surface area contributed by atoms with Crippen molar-refractivity contribution in [3.63, 3.8) is 0 Å². The Kier molecular flexibility index (Phi) is 13.0. The number of anilines is 2. The highest BCUT2D eigenvalue weighted by molar-refractivity contribution is 5.49. The van der Waals surface area contributed by atoms with Crippen molar-refractivity contribution < 1.29 is 0 Å². The van der Waals surface area contributed by atoms with Gasteiger partial charge in [-0.25, -0.2) is 0 Å². The van der Waals surface area contributed by atoms with E-state index in [0.29, 0.717) is 11.8 Å². The van der Waals surface area contributed by atoms with Gasteiger partial charge in [-0.2, -0.15) is 0 Å². The molecule has 0 saturated heterocycles. The van der Waals surface area contributed by atoms with E-state index in [1.165, 1.54) is 109 Å².